The number of carbonyl (C=O) groups excluding carboxylic acids is 4. The molecule has 0 bridgehead atoms. The molecule has 43 heavy (non-hydrogen) atoms. The lowest BCUT2D eigenvalue weighted by molar-refractivity contribution is -0.134. The molecule has 3 amide bonds. The number of rotatable bonds is 11. The number of fused-ring (bicyclic) bond motifs is 2. The van der Waals surface area contributed by atoms with Crippen molar-refractivity contribution in [3.63, 3.8) is 0 Å². The maximum Gasteiger partial charge on any atom is 0.271 e. The number of nitrogens with zero attached hydrogens (tertiary/aromatic N) is 1. The minimum atomic E-state index is -0.896. The number of likely N-dealkylation sites (tertiary alicyclic amines) is 1. The van der Waals surface area contributed by atoms with Crippen molar-refractivity contribution in [2.75, 3.05) is 26.8 Å². The highest BCUT2D eigenvalue weighted by atomic mass is 16.5. The molecule has 0 radical (unpaired) electrons. The number of ether oxygens (including phenoxy) is 2. The summed E-state index contributed by atoms with van der Waals surface area (Å²) < 4.78 is 11.2. The van der Waals surface area contributed by atoms with Crippen LogP contribution in [0.4, 0.5) is 0 Å². The second-order valence-corrected chi connectivity index (χ2v) is 11.9. The van der Waals surface area contributed by atoms with Gasteiger partial charge in [-0.1, -0.05) is 42.8 Å². The van der Waals surface area contributed by atoms with E-state index in [1.807, 2.05) is 48.5 Å². The zero-order valence-corrected chi connectivity index (χ0v) is 24.3. The summed E-state index contributed by atoms with van der Waals surface area (Å²) in [6, 6.07) is 15.3. The molecule has 1 saturated carbocycles. The first-order valence-corrected chi connectivity index (χ1v) is 15.1. The molecule has 3 N–H and O–H groups in total. The lowest BCUT2D eigenvalue weighted by atomic mass is 9.92. The summed E-state index contributed by atoms with van der Waals surface area (Å²) in [4.78, 5) is 58.7. The number of amides is 3. The maximum absolute atomic E-state index is 14.0. The number of carbonyl (C=O) groups is 4. The number of hydrogen-bond donors (Lipinski definition) is 3. The fraction of sp³-hybridized carbons (Fsp3) is 0.455. The normalized spacial score (nSPS) is 23.7. The van der Waals surface area contributed by atoms with E-state index in [4.69, 9.17) is 9.47 Å². The maximum atomic E-state index is 14.0. The van der Waals surface area contributed by atoms with Crippen LogP contribution < -0.4 is 15.4 Å². The number of hydrogen-bond acceptors (Lipinski definition) is 6. The average Bonchev–Trinajstić information content (AvgIpc) is 3.81. The van der Waals surface area contributed by atoms with Crippen LogP contribution in [0.2, 0.25) is 0 Å². The van der Waals surface area contributed by atoms with E-state index < -0.39 is 12.1 Å². The fourth-order valence-corrected chi connectivity index (χ4v) is 7.05. The van der Waals surface area contributed by atoms with E-state index >= 15 is 0 Å². The molecule has 3 aliphatic rings. The van der Waals surface area contributed by atoms with Gasteiger partial charge in [0.05, 0.1) is 19.8 Å². The molecule has 3 fully saturated rings. The second-order valence-electron chi connectivity index (χ2n) is 11.9. The Kier molecular flexibility index (Phi) is 8.47. The van der Waals surface area contributed by atoms with Crippen molar-refractivity contribution >= 4 is 34.4 Å². The molecule has 5 atom stereocenters. The number of Topliss-reactive ketones (excluding diaryl/α,β-unsaturated/α-hetero) is 1. The van der Waals surface area contributed by atoms with Gasteiger partial charge in [0.25, 0.3) is 5.91 Å². The summed E-state index contributed by atoms with van der Waals surface area (Å²) in [6.45, 7) is 1.11. The number of H-pyrrole nitrogens is 1. The standard InChI is InChI=1S/C33H38N4O6/c1-42-29-12-6-11-25-24(29)16-27(35-25)33(41)37-17-22-9-5-10-23(22)30(37)32(40)36-26(15-21-13-14-34-31(21)39)28(38)19-43-18-20-7-3-2-4-8-20/h2-4,6-8,11-12,16,21-23,26,30,35H,5,9-10,13-15,17-19H2,1H3,(H,34,39)(H,36,40). The van der Waals surface area contributed by atoms with E-state index in [0.29, 0.717) is 31.0 Å². The van der Waals surface area contributed by atoms with Gasteiger partial charge in [0.1, 0.15) is 24.1 Å². The van der Waals surface area contributed by atoms with Crippen LogP contribution in [0.25, 0.3) is 10.9 Å². The van der Waals surface area contributed by atoms with Gasteiger partial charge in [0, 0.05) is 29.9 Å². The number of methoxy groups -OCH3 is 1. The van der Waals surface area contributed by atoms with Gasteiger partial charge < -0.3 is 30.0 Å². The topological polar surface area (TPSA) is 130 Å². The number of ketones is 1. The molecule has 2 aliphatic heterocycles. The summed E-state index contributed by atoms with van der Waals surface area (Å²) in [6.07, 6.45) is 3.60. The SMILES string of the molecule is COc1cccc2[nH]c(C(=O)N3CC4CCCC4C3C(=O)NC(CC3CCNC3=O)C(=O)COCc3ccccc3)cc12. The molecule has 226 valence electrons. The fourth-order valence-electron chi connectivity index (χ4n) is 7.05. The van der Waals surface area contributed by atoms with Crippen molar-refractivity contribution in [1.29, 1.82) is 0 Å². The third kappa shape index (κ3) is 6.01. The van der Waals surface area contributed by atoms with Crippen LogP contribution in [-0.2, 0) is 25.7 Å². The smallest absolute Gasteiger partial charge is 0.271 e. The summed E-state index contributed by atoms with van der Waals surface area (Å²) in [5, 5.41) is 6.59. The first-order chi connectivity index (χ1) is 20.9. The van der Waals surface area contributed by atoms with E-state index in [1.54, 1.807) is 18.1 Å². The van der Waals surface area contributed by atoms with Gasteiger partial charge in [-0.15, -0.1) is 0 Å². The first kappa shape index (κ1) is 28.9. The monoisotopic (exact) mass is 586 g/mol. The molecule has 10 nitrogen and oxygen atoms in total. The minimum Gasteiger partial charge on any atom is -0.496 e. The summed E-state index contributed by atoms with van der Waals surface area (Å²) in [7, 11) is 1.59. The molecule has 2 saturated heterocycles. The van der Waals surface area contributed by atoms with Crippen LogP contribution in [0.15, 0.2) is 54.6 Å². The van der Waals surface area contributed by atoms with Crippen LogP contribution in [0.5, 0.6) is 5.75 Å². The van der Waals surface area contributed by atoms with Crippen LogP contribution in [0.3, 0.4) is 0 Å². The molecular weight excluding hydrogens is 548 g/mol. The van der Waals surface area contributed by atoms with Gasteiger partial charge in [-0.05, 0) is 61.3 Å². The van der Waals surface area contributed by atoms with Crippen LogP contribution in [0.1, 0.15) is 48.2 Å². The number of nitrogens with one attached hydrogen (secondary N) is 3. The zero-order valence-electron chi connectivity index (χ0n) is 24.3. The Bertz CT molecular complexity index is 1500. The third-order valence-electron chi connectivity index (χ3n) is 9.24. The van der Waals surface area contributed by atoms with Gasteiger partial charge in [-0.2, -0.15) is 0 Å². The Labute approximate surface area is 250 Å². The first-order valence-electron chi connectivity index (χ1n) is 15.1. The molecular formula is C33H38N4O6. The Morgan fingerprint density at radius 3 is 2.67 bits per heavy atom. The van der Waals surface area contributed by atoms with Crippen molar-refractivity contribution in [2.24, 2.45) is 17.8 Å². The van der Waals surface area contributed by atoms with Crippen molar-refractivity contribution in [2.45, 2.75) is 50.8 Å². The predicted molar refractivity (Wildman–Crippen MR) is 159 cm³/mol. The molecule has 10 heteroatoms. The second kappa shape index (κ2) is 12.6. The molecule has 0 spiro atoms. The molecule has 6 rings (SSSR count). The average molecular weight is 587 g/mol. The lowest BCUT2D eigenvalue weighted by Crippen LogP contribution is -2.53. The summed E-state index contributed by atoms with van der Waals surface area (Å²) in [5.41, 5.74) is 2.11. The quantitative estimate of drug-likeness (QED) is 0.317. The number of benzene rings is 2. The third-order valence-corrected chi connectivity index (χ3v) is 9.24. The van der Waals surface area contributed by atoms with E-state index in [-0.39, 0.29) is 60.9 Å². The number of aromatic amines is 1. The van der Waals surface area contributed by atoms with Gasteiger partial charge >= 0.3 is 0 Å². The van der Waals surface area contributed by atoms with Gasteiger partial charge in [0.2, 0.25) is 11.8 Å². The van der Waals surface area contributed by atoms with E-state index in [2.05, 4.69) is 15.6 Å². The minimum absolute atomic E-state index is 0.0164. The highest BCUT2D eigenvalue weighted by Crippen LogP contribution is 2.43. The molecule has 3 aromatic rings. The zero-order chi connectivity index (χ0) is 29.9. The van der Waals surface area contributed by atoms with Crippen molar-refractivity contribution < 1.29 is 28.7 Å². The Morgan fingerprint density at radius 2 is 1.91 bits per heavy atom. The Balaban J connectivity index is 1.20. The van der Waals surface area contributed by atoms with Gasteiger partial charge in [-0.3, -0.25) is 19.2 Å². The number of aromatic nitrogens is 1. The molecule has 1 aliphatic carbocycles. The van der Waals surface area contributed by atoms with E-state index in [9.17, 15) is 19.2 Å². The predicted octanol–water partition coefficient (Wildman–Crippen LogP) is 3.21. The summed E-state index contributed by atoms with van der Waals surface area (Å²) >= 11 is 0. The van der Waals surface area contributed by atoms with Crippen LogP contribution in [-0.4, -0.2) is 72.3 Å². The Hall–Kier alpha value is -4.18. The van der Waals surface area contributed by atoms with Crippen molar-refractivity contribution in [3.05, 3.63) is 65.9 Å². The molecule has 5 unspecified atom stereocenters. The Morgan fingerprint density at radius 1 is 1.07 bits per heavy atom. The summed E-state index contributed by atoms with van der Waals surface area (Å²) in [5.74, 6) is -0.471. The highest BCUT2D eigenvalue weighted by molar-refractivity contribution is 6.02. The van der Waals surface area contributed by atoms with Crippen LogP contribution >= 0.6 is 0 Å². The van der Waals surface area contributed by atoms with Gasteiger partial charge in [0.15, 0.2) is 5.78 Å². The van der Waals surface area contributed by atoms with Gasteiger partial charge in [-0.25, -0.2) is 0 Å². The van der Waals surface area contributed by atoms with Crippen molar-refractivity contribution in [1.82, 2.24) is 20.5 Å². The largest absolute Gasteiger partial charge is 0.496 e. The van der Waals surface area contributed by atoms with E-state index in [0.717, 1.165) is 35.7 Å². The van der Waals surface area contributed by atoms with E-state index in [1.165, 1.54) is 0 Å². The lowest BCUT2D eigenvalue weighted by Gasteiger charge is -2.29. The van der Waals surface area contributed by atoms with Crippen LogP contribution in [0, 0.1) is 17.8 Å². The molecule has 3 heterocycles. The highest BCUT2D eigenvalue weighted by Gasteiger charge is 2.50. The van der Waals surface area contributed by atoms with Crippen molar-refractivity contribution in [3.8, 4) is 5.75 Å². The molecule has 1 aromatic heterocycles. The molecule has 2 aromatic carbocycles.